The molecule has 0 heterocycles. The van der Waals surface area contributed by atoms with Crippen molar-refractivity contribution in [2.24, 2.45) is 0 Å². The molecule has 1 aromatic carbocycles. The van der Waals surface area contributed by atoms with Crippen LogP contribution in [0.3, 0.4) is 0 Å². The number of rotatable bonds is 3. The first-order valence-electron chi connectivity index (χ1n) is 4.58. The third-order valence-corrected chi connectivity index (χ3v) is 4.99. The molecule has 0 aliphatic rings. The van der Waals surface area contributed by atoms with Crippen molar-refractivity contribution >= 4 is 41.9 Å². The molecule has 0 bridgehead atoms. The Hall–Kier alpha value is -0.420. The highest BCUT2D eigenvalue weighted by molar-refractivity contribution is 9.11. The summed E-state index contributed by atoms with van der Waals surface area (Å²) >= 11 is 6.38. The van der Waals surface area contributed by atoms with Crippen LogP contribution in [0.2, 0.25) is 0 Å². The third-order valence-electron chi connectivity index (χ3n) is 1.85. The topological polar surface area (TPSA) is 70.0 Å². The van der Waals surface area contributed by atoms with Gasteiger partial charge in [-0.15, -0.1) is 0 Å². The molecule has 0 spiro atoms. The number of nitriles is 1. The van der Waals surface area contributed by atoms with Gasteiger partial charge in [-0.05, 0) is 48.0 Å². The zero-order valence-corrected chi connectivity index (χ0v) is 13.1. The van der Waals surface area contributed by atoms with Crippen molar-refractivity contribution in [2.75, 3.05) is 0 Å². The van der Waals surface area contributed by atoms with E-state index in [0.717, 1.165) is 0 Å². The van der Waals surface area contributed by atoms with Crippen molar-refractivity contribution in [3.05, 3.63) is 27.1 Å². The Morgan fingerprint density at radius 3 is 2.47 bits per heavy atom. The minimum absolute atomic E-state index is 0.0928. The standard InChI is InChI=1S/C10H10Br2N2O2S/c1-10(2,6-13)14-17(15,16)9-5-7(11)3-4-8(9)12/h3-5,14H,1-2H3. The fraction of sp³-hybridized carbons (Fsp3) is 0.300. The number of halogens is 2. The Kier molecular flexibility index (Phi) is 4.36. The van der Waals surface area contributed by atoms with Crippen molar-refractivity contribution in [3.8, 4) is 6.07 Å². The number of hydrogen-bond acceptors (Lipinski definition) is 3. The molecule has 1 N–H and O–H groups in total. The average molecular weight is 382 g/mol. The van der Waals surface area contributed by atoms with Gasteiger partial charge in [0.2, 0.25) is 10.0 Å². The molecule has 0 atom stereocenters. The van der Waals surface area contributed by atoms with Crippen LogP contribution >= 0.6 is 31.9 Å². The Balaban J connectivity index is 3.24. The molecule has 4 nitrogen and oxygen atoms in total. The molecule has 7 heteroatoms. The highest BCUT2D eigenvalue weighted by atomic mass is 79.9. The fourth-order valence-corrected chi connectivity index (χ4v) is 3.93. The lowest BCUT2D eigenvalue weighted by atomic mass is 10.1. The van der Waals surface area contributed by atoms with E-state index in [2.05, 4.69) is 36.6 Å². The van der Waals surface area contributed by atoms with Gasteiger partial charge in [0, 0.05) is 8.95 Å². The summed E-state index contributed by atoms with van der Waals surface area (Å²) in [7, 11) is -3.73. The van der Waals surface area contributed by atoms with Crippen LogP contribution in [0.15, 0.2) is 32.0 Å². The quantitative estimate of drug-likeness (QED) is 0.874. The molecule has 0 unspecified atom stereocenters. The molecule has 1 aromatic rings. The van der Waals surface area contributed by atoms with Crippen LogP contribution in [0.25, 0.3) is 0 Å². The van der Waals surface area contributed by atoms with Crippen LogP contribution in [0.1, 0.15) is 13.8 Å². The summed E-state index contributed by atoms with van der Waals surface area (Å²) < 4.78 is 27.6. The van der Waals surface area contributed by atoms with Crippen molar-refractivity contribution in [1.82, 2.24) is 4.72 Å². The average Bonchev–Trinajstić information content (AvgIpc) is 2.20. The van der Waals surface area contributed by atoms with E-state index in [1.807, 2.05) is 6.07 Å². The first-order chi connectivity index (χ1) is 7.68. The number of nitrogens with zero attached hydrogens (tertiary/aromatic N) is 1. The molecule has 1 rings (SSSR count). The summed E-state index contributed by atoms with van der Waals surface area (Å²) in [6.07, 6.45) is 0. The number of sulfonamides is 1. The Morgan fingerprint density at radius 2 is 1.94 bits per heavy atom. The maximum absolute atomic E-state index is 12.1. The van der Waals surface area contributed by atoms with E-state index in [9.17, 15) is 8.42 Å². The van der Waals surface area contributed by atoms with Crippen LogP contribution in [0.5, 0.6) is 0 Å². The van der Waals surface area contributed by atoms with E-state index in [0.29, 0.717) is 8.95 Å². The van der Waals surface area contributed by atoms with Gasteiger partial charge in [0.05, 0.1) is 11.0 Å². The predicted molar refractivity (Wildman–Crippen MR) is 71.9 cm³/mol. The van der Waals surface area contributed by atoms with Gasteiger partial charge in [-0.25, -0.2) is 8.42 Å². The summed E-state index contributed by atoms with van der Waals surface area (Å²) in [6.45, 7) is 2.99. The van der Waals surface area contributed by atoms with Gasteiger partial charge < -0.3 is 0 Å². The SMILES string of the molecule is CC(C)(C#N)NS(=O)(=O)c1cc(Br)ccc1Br. The monoisotopic (exact) mass is 380 g/mol. The van der Waals surface area contributed by atoms with Gasteiger partial charge >= 0.3 is 0 Å². The molecule has 0 saturated heterocycles. The molecule has 0 radical (unpaired) electrons. The first-order valence-corrected chi connectivity index (χ1v) is 7.65. The minimum Gasteiger partial charge on any atom is -0.207 e. The lowest BCUT2D eigenvalue weighted by molar-refractivity contribution is 0.535. The maximum atomic E-state index is 12.1. The highest BCUT2D eigenvalue weighted by Gasteiger charge is 2.27. The molecule has 0 amide bonds. The Morgan fingerprint density at radius 1 is 1.35 bits per heavy atom. The molecule has 0 aliphatic heterocycles. The number of benzene rings is 1. The van der Waals surface area contributed by atoms with Crippen molar-refractivity contribution in [1.29, 1.82) is 5.26 Å². The summed E-state index contributed by atoms with van der Waals surface area (Å²) in [6, 6.07) is 6.70. The van der Waals surface area contributed by atoms with E-state index >= 15 is 0 Å². The van der Waals surface area contributed by atoms with Crippen LogP contribution < -0.4 is 4.72 Å². The summed E-state index contributed by atoms with van der Waals surface area (Å²) in [5, 5.41) is 8.83. The van der Waals surface area contributed by atoms with Crippen molar-refractivity contribution in [3.63, 3.8) is 0 Å². The van der Waals surface area contributed by atoms with Gasteiger partial charge in [0.25, 0.3) is 0 Å². The minimum atomic E-state index is -3.73. The second-order valence-corrected chi connectivity index (χ2v) is 7.34. The van der Waals surface area contributed by atoms with E-state index in [-0.39, 0.29) is 4.90 Å². The molecule has 0 aromatic heterocycles. The van der Waals surface area contributed by atoms with Crippen molar-refractivity contribution in [2.45, 2.75) is 24.3 Å². The summed E-state index contributed by atoms with van der Waals surface area (Å²) in [5.74, 6) is 0. The number of hydrogen-bond donors (Lipinski definition) is 1. The molecule has 0 saturated carbocycles. The van der Waals surface area contributed by atoms with E-state index in [4.69, 9.17) is 5.26 Å². The molecular weight excluding hydrogens is 372 g/mol. The fourth-order valence-electron chi connectivity index (χ4n) is 1.10. The van der Waals surface area contributed by atoms with Gasteiger partial charge in [-0.3, -0.25) is 0 Å². The second-order valence-electron chi connectivity index (χ2n) is 3.92. The Labute approximate surface area is 117 Å². The lowest BCUT2D eigenvalue weighted by Gasteiger charge is -2.18. The number of nitrogens with one attached hydrogen (secondary N) is 1. The maximum Gasteiger partial charge on any atom is 0.243 e. The zero-order valence-electron chi connectivity index (χ0n) is 9.16. The van der Waals surface area contributed by atoms with Crippen LogP contribution in [-0.2, 0) is 10.0 Å². The molecule has 92 valence electrons. The van der Waals surface area contributed by atoms with Crippen LogP contribution in [-0.4, -0.2) is 14.0 Å². The largest absolute Gasteiger partial charge is 0.243 e. The lowest BCUT2D eigenvalue weighted by Crippen LogP contribution is -2.42. The van der Waals surface area contributed by atoms with Gasteiger partial charge in [0.15, 0.2) is 0 Å². The summed E-state index contributed by atoms with van der Waals surface area (Å²) in [4.78, 5) is 0.0928. The summed E-state index contributed by atoms with van der Waals surface area (Å²) in [5.41, 5.74) is -1.15. The zero-order chi connectivity index (χ0) is 13.3. The first kappa shape index (κ1) is 14.6. The third kappa shape index (κ3) is 3.78. The normalized spacial score (nSPS) is 12.2. The van der Waals surface area contributed by atoms with Crippen LogP contribution in [0, 0.1) is 11.3 Å². The van der Waals surface area contributed by atoms with Gasteiger partial charge in [-0.1, -0.05) is 15.9 Å². The molecule has 0 fully saturated rings. The van der Waals surface area contributed by atoms with E-state index < -0.39 is 15.6 Å². The van der Waals surface area contributed by atoms with Gasteiger partial charge in [-0.2, -0.15) is 9.98 Å². The predicted octanol–water partition coefficient (Wildman–Crippen LogP) is 2.79. The van der Waals surface area contributed by atoms with Crippen molar-refractivity contribution < 1.29 is 8.42 Å². The van der Waals surface area contributed by atoms with E-state index in [1.165, 1.54) is 19.9 Å². The smallest absolute Gasteiger partial charge is 0.207 e. The van der Waals surface area contributed by atoms with E-state index in [1.54, 1.807) is 12.1 Å². The molecule has 0 aliphatic carbocycles. The van der Waals surface area contributed by atoms with Crippen LogP contribution in [0.4, 0.5) is 0 Å². The highest BCUT2D eigenvalue weighted by Crippen LogP contribution is 2.26. The van der Waals surface area contributed by atoms with Gasteiger partial charge in [0.1, 0.15) is 5.54 Å². The second kappa shape index (κ2) is 5.06. The Bertz CT molecular complexity index is 576. The molecule has 17 heavy (non-hydrogen) atoms. The molecular formula is C10H10Br2N2O2S.